The molecular weight excluding hydrogens is 216 g/mol. The summed E-state index contributed by atoms with van der Waals surface area (Å²) in [5.74, 6) is -3.95. The number of ether oxygens (including phenoxy) is 2. The lowest BCUT2D eigenvalue weighted by atomic mass is 9.96. The van der Waals surface area contributed by atoms with Gasteiger partial charge in [0, 0.05) is 6.42 Å². The first-order valence-corrected chi connectivity index (χ1v) is 5.03. The maximum absolute atomic E-state index is 11.5. The zero-order chi connectivity index (χ0) is 12.3. The van der Waals surface area contributed by atoms with Gasteiger partial charge in [0.1, 0.15) is 0 Å². The van der Waals surface area contributed by atoms with Gasteiger partial charge >= 0.3 is 17.9 Å². The zero-order valence-corrected chi connectivity index (χ0v) is 9.13. The van der Waals surface area contributed by atoms with E-state index >= 15 is 0 Å². The first-order valence-electron chi connectivity index (χ1n) is 5.03. The van der Waals surface area contributed by atoms with Gasteiger partial charge in [0.15, 0.2) is 0 Å². The third-order valence-electron chi connectivity index (χ3n) is 2.66. The highest BCUT2D eigenvalue weighted by molar-refractivity contribution is 5.84. The number of cyclic esters (lactones) is 1. The second-order valence-corrected chi connectivity index (χ2v) is 3.80. The molecule has 6 nitrogen and oxygen atoms in total. The number of esters is 2. The molecule has 0 aromatic rings. The normalized spacial score (nSPS) is 23.4. The Kier molecular flexibility index (Phi) is 3.87. The van der Waals surface area contributed by atoms with Crippen LogP contribution in [0.25, 0.3) is 0 Å². The Hall–Kier alpha value is -1.59. The molecule has 0 spiro atoms. The van der Waals surface area contributed by atoms with E-state index in [-0.39, 0.29) is 6.61 Å². The van der Waals surface area contributed by atoms with Gasteiger partial charge in [-0.2, -0.15) is 0 Å². The van der Waals surface area contributed by atoms with Crippen molar-refractivity contribution in [2.45, 2.75) is 26.4 Å². The minimum Gasteiger partial charge on any atom is -0.481 e. The van der Waals surface area contributed by atoms with Crippen LogP contribution >= 0.6 is 0 Å². The second-order valence-electron chi connectivity index (χ2n) is 3.80. The monoisotopic (exact) mass is 230 g/mol. The van der Waals surface area contributed by atoms with E-state index in [9.17, 15) is 14.4 Å². The molecule has 1 N–H and O–H groups in total. The molecule has 90 valence electrons. The largest absolute Gasteiger partial charge is 0.481 e. The van der Waals surface area contributed by atoms with E-state index in [1.807, 2.05) is 0 Å². The van der Waals surface area contributed by atoms with Crippen LogP contribution < -0.4 is 0 Å². The molecule has 16 heavy (non-hydrogen) atoms. The molecule has 1 saturated heterocycles. The van der Waals surface area contributed by atoms with Crippen molar-refractivity contribution in [2.24, 2.45) is 11.8 Å². The molecule has 0 aromatic heterocycles. The van der Waals surface area contributed by atoms with Gasteiger partial charge < -0.3 is 14.6 Å². The predicted molar refractivity (Wildman–Crippen MR) is 51.4 cm³/mol. The van der Waals surface area contributed by atoms with E-state index in [0.717, 1.165) is 0 Å². The molecule has 3 unspecified atom stereocenters. The van der Waals surface area contributed by atoms with Gasteiger partial charge in [0.2, 0.25) is 6.10 Å². The Morgan fingerprint density at radius 3 is 2.50 bits per heavy atom. The van der Waals surface area contributed by atoms with Gasteiger partial charge in [0.05, 0.1) is 18.4 Å². The summed E-state index contributed by atoms with van der Waals surface area (Å²) in [6.07, 6.45) is -0.547. The maximum Gasteiger partial charge on any atom is 0.347 e. The Labute approximate surface area is 92.5 Å². The molecule has 0 amide bonds. The lowest BCUT2D eigenvalue weighted by Gasteiger charge is -2.16. The van der Waals surface area contributed by atoms with E-state index in [2.05, 4.69) is 4.74 Å². The van der Waals surface area contributed by atoms with E-state index < -0.39 is 35.8 Å². The first kappa shape index (κ1) is 12.5. The van der Waals surface area contributed by atoms with Gasteiger partial charge in [-0.05, 0) is 0 Å². The Morgan fingerprint density at radius 1 is 1.44 bits per heavy atom. The summed E-state index contributed by atoms with van der Waals surface area (Å²) in [5.41, 5.74) is 0. The summed E-state index contributed by atoms with van der Waals surface area (Å²) >= 11 is 0. The number of hydrogen-bond donors (Lipinski definition) is 1. The number of carbonyl (C=O) groups is 3. The lowest BCUT2D eigenvalue weighted by Crippen LogP contribution is -2.31. The third-order valence-corrected chi connectivity index (χ3v) is 2.66. The van der Waals surface area contributed by atoms with Crippen molar-refractivity contribution in [3.05, 3.63) is 0 Å². The van der Waals surface area contributed by atoms with Crippen molar-refractivity contribution in [2.75, 3.05) is 6.61 Å². The number of aliphatic carboxylic acids is 1. The van der Waals surface area contributed by atoms with Gasteiger partial charge in [-0.1, -0.05) is 13.8 Å². The third kappa shape index (κ3) is 2.71. The molecule has 1 aliphatic heterocycles. The Morgan fingerprint density at radius 2 is 2.06 bits per heavy atom. The Bertz CT molecular complexity index is 310. The summed E-state index contributed by atoms with van der Waals surface area (Å²) in [4.78, 5) is 33.2. The molecule has 6 heteroatoms. The molecule has 1 heterocycles. The van der Waals surface area contributed by atoms with Crippen LogP contribution in [0.4, 0.5) is 0 Å². The van der Waals surface area contributed by atoms with Crippen molar-refractivity contribution < 1.29 is 29.0 Å². The van der Waals surface area contributed by atoms with Gasteiger partial charge in [-0.15, -0.1) is 0 Å². The Balaban J connectivity index is 2.51. The quantitative estimate of drug-likeness (QED) is 0.694. The second kappa shape index (κ2) is 4.96. The fourth-order valence-electron chi connectivity index (χ4n) is 1.25. The highest BCUT2D eigenvalue weighted by Gasteiger charge is 2.34. The molecule has 0 radical (unpaired) electrons. The summed E-state index contributed by atoms with van der Waals surface area (Å²) in [6, 6.07) is 0. The van der Waals surface area contributed by atoms with Gasteiger partial charge in [-0.3, -0.25) is 9.59 Å². The van der Waals surface area contributed by atoms with Crippen LogP contribution in [0.3, 0.4) is 0 Å². The van der Waals surface area contributed by atoms with Gasteiger partial charge in [0.25, 0.3) is 0 Å². The number of carboxylic acids is 1. The van der Waals surface area contributed by atoms with E-state index in [1.54, 1.807) is 0 Å². The fraction of sp³-hybridized carbons (Fsp3) is 0.700. The van der Waals surface area contributed by atoms with Crippen molar-refractivity contribution in [3.63, 3.8) is 0 Å². The van der Waals surface area contributed by atoms with Crippen LogP contribution in [-0.4, -0.2) is 35.7 Å². The molecular formula is C10H14O6. The minimum absolute atomic E-state index is 0.236. The predicted octanol–water partition coefficient (Wildman–Crippen LogP) is 0.202. The van der Waals surface area contributed by atoms with Crippen LogP contribution in [0.5, 0.6) is 0 Å². The van der Waals surface area contributed by atoms with Crippen LogP contribution in [-0.2, 0) is 23.9 Å². The molecule has 0 aliphatic carbocycles. The summed E-state index contributed by atoms with van der Waals surface area (Å²) in [7, 11) is 0. The number of rotatable bonds is 4. The van der Waals surface area contributed by atoms with Crippen LogP contribution in [0.1, 0.15) is 20.3 Å². The van der Waals surface area contributed by atoms with Crippen molar-refractivity contribution in [1.29, 1.82) is 0 Å². The average molecular weight is 230 g/mol. The summed E-state index contributed by atoms with van der Waals surface area (Å²) in [6.45, 7) is 3.11. The number of carboxylic acid groups (broad SMARTS) is 1. The van der Waals surface area contributed by atoms with Crippen LogP contribution in [0.2, 0.25) is 0 Å². The fourth-order valence-corrected chi connectivity index (χ4v) is 1.25. The highest BCUT2D eigenvalue weighted by atomic mass is 16.6. The summed E-state index contributed by atoms with van der Waals surface area (Å²) < 4.78 is 9.50. The molecule has 0 bridgehead atoms. The SMILES string of the molecule is CC(C(=O)O)C(C)C(=O)OC1CCOC1=O. The molecule has 1 fully saturated rings. The van der Waals surface area contributed by atoms with Crippen molar-refractivity contribution in [1.82, 2.24) is 0 Å². The van der Waals surface area contributed by atoms with Crippen LogP contribution in [0.15, 0.2) is 0 Å². The van der Waals surface area contributed by atoms with E-state index in [0.29, 0.717) is 6.42 Å². The van der Waals surface area contributed by atoms with E-state index in [4.69, 9.17) is 9.84 Å². The molecule has 3 atom stereocenters. The zero-order valence-electron chi connectivity index (χ0n) is 9.13. The average Bonchev–Trinajstić information content (AvgIpc) is 2.62. The standard InChI is InChI=1S/C10H14O6/c1-5(8(11)12)6(2)9(13)16-7-3-4-15-10(7)14/h5-7H,3-4H2,1-2H3,(H,11,12). The highest BCUT2D eigenvalue weighted by Crippen LogP contribution is 2.17. The maximum atomic E-state index is 11.5. The number of carbonyl (C=O) groups excluding carboxylic acids is 2. The minimum atomic E-state index is -1.07. The molecule has 1 rings (SSSR count). The lowest BCUT2D eigenvalue weighted by molar-refractivity contribution is -0.166. The topological polar surface area (TPSA) is 89.9 Å². The smallest absolute Gasteiger partial charge is 0.347 e. The molecule has 0 aromatic carbocycles. The number of hydrogen-bond acceptors (Lipinski definition) is 5. The first-order chi connectivity index (χ1) is 7.43. The summed E-state index contributed by atoms with van der Waals surface area (Å²) in [5, 5.41) is 8.71. The molecule has 1 aliphatic rings. The van der Waals surface area contributed by atoms with Crippen LogP contribution in [0, 0.1) is 11.8 Å². The van der Waals surface area contributed by atoms with Crippen molar-refractivity contribution >= 4 is 17.9 Å². The van der Waals surface area contributed by atoms with Crippen molar-refractivity contribution in [3.8, 4) is 0 Å². The molecule has 0 saturated carbocycles. The van der Waals surface area contributed by atoms with E-state index in [1.165, 1.54) is 13.8 Å². The van der Waals surface area contributed by atoms with Gasteiger partial charge in [-0.25, -0.2) is 4.79 Å².